The highest BCUT2D eigenvalue weighted by Gasteiger charge is 2.32. The standard InChI is InChI=1S/C13H15N5O2S/c1-6-4-8-10(16-13(14-3)17-12(8)21-6)18-5-9(19)15-11(20)7(18)2/h4,7H,5H2,1-3H3,(H,14,16,17)(H,15,19,20). The Morgan fingerprint density at radius 2 is 2.19 bits per heavy atom. The SMILES string of the molecule is CNc1nc(N2CC(=O)NC(=O)C2C)c2cc(C)sc2n1. The summed E-state index contributed by atoms with van der Waals surface area (Å²) in [6, 6.07) is 1.53. The fourth-order valence-electron chi connectivity index (χ4n) is 2.33. The first-order valence-electron chi connectivity index (χ1n) is 6.56. The second kappa shape index (κ2) is 4.96. The van der Waals surface area contributed by atoms with Gasteiger partial charge in [0.05, 0.1) is 11.9 Å². The number of amides is 2. The van der Waals surface area contributed by atoms with E-state index in [0.29, 0.717) is 11.8 Å². The third-order valence-corrected chi connectivity index (χ3v) is 4.36. The monoisotopic (exact) mass is 305 g/mol. The second-order valence-electron chi connectivity index (χ2n) is 4.91. The van der Waals surface area contributed by atoms with E-state index in [0.717, 1.165) is 15.1 Å². The average Bonchev–Trinajstić information content (AvgIpc) is 2.81. The van der Waals surface area contributed by atoms with E-state index < -0.39 is 6.04 Å². The zero-order valence-corrected chi connectivity index (χ0v) is 12.7. The van der Waals surface area contributed by atoms with E-state index >= 15 is 0 Å². The van der Waals surface area contributed by atoms with Crippen LogP contribution in [0.15, 0.2) is 6.07 Å². The lowest BCUT2D eigenvalue weighted by Crippen LogP contribution is -2.57. The van der Waals surface area contributed by atoms with E-state index in [4.69, 9.17) is 0 Å². The van der Waals surface area contributed by atoms with Crippen molar-refractivity contribution in [3.05, 3.63) is 10.9 Å². The van der Waals surface area contributed by atoms with Crippen LogP contribution in [0.5, 0.6) is 0 Å². The van der Waals surface area contributed by atoms with Gasteiger partial charge in [-0.05, 0) is 19.9 Å². The number of hydrogen-bond donors (Lipinski definition) is 2. The van der Waals surface area contributed by atoms with Gasteiger partial charge in [-0.2, -0.15) is 4.98 Å². The van der Waals surface area contributed by atoms with Crippen molar-refractivity contribution in [1.82, 2.24) is 15.3 Å². The number of rotatable bonds is 2. The van der Waals surface area contributed by atoms with Gasteiger partial charge in [-0.25, -0.2) is 4.98 Å². The highest BCUT2D eigenvalue weighted by molar-refractivity contribution is 7.18. The fourth-order valence-corrected chi connectivity index (χ4v) is 3.20. The normalized spacial score (nSPS) is 19.0. The number of imide groups is 1. The van der Waals surface area contributed by atoms with Crippen LogP contribution in [-0.4, -0.2) is 41.4 Å². The van der Waals surface area contributed by atoms with Gasteiger partial charge in [0, 0.05) is 11.9 Å². The number of thiophene rings is 1. The number of nitrogens with one attached hydrogen (secondary N) is 2. The van der Waals surface area contributed by atoms with E-state index in [1.54, 1.807) is 30.2 Å². The zero-order chi connectivity index (χ0) is 15.1. The smallest absolute Gasteiger partial charge is 0.249 e. The summed E-state index contributed by atoms with van der Waals surface area (Å²) < 4.78 is 0. The Labute approximate surface area is 125 Å². The molecular weight excluding hydrogens is 290 g/mol. The molecule has 1 atom stereocenters. The van der Waals surface area contributed by atoms with Gasteiger partial charge in [-0.15, -0.1) is 11.3 Å². The molecule has 2 aromatic heterocycles. The Morgan fingerprint density at radius 3 is 2.90 bits per heavy atom. The zero-order valence-electron chi connectivity index (χ0n) is 11.9. The van der Waals surface area contributed by atoms with E-state index in [1.807, 2.05) is 13.0 Å². The van der Waals surface area contributed by atoms with E-state index in [2.05, 4.69) is 20.6 Å². The molecule has 0 bridgehead atoms. The van der Waals surface area contributed by atoms with Gasteiger partial charge in [0.1, 0.15) is 16.7 Å². The van der Waals surface area contributed by atoms with Gasteiger partial charge in [-0.1, -0.05) is 0 Å². The summed E-state index contributed by atoms with van der Waals surface area (Å²) in [5.74, 6) is 0.466. The van der Waals surface area contributed by atoms with Crippen LogP contribution in [0.1, 0.15) is 11.8 Å². The molecule has 0 aromatic carbocycles. The summed E-state index contributed by atoms with van der Waals surface area (Å²) >= 11 is 1.56. The van der Waals surface area contributed by atoms with Crippen molar-refractivity contribution in [3.63, 3.8) is 0 Å². The van der Waals surface area contributed by atoms with Crippen LogP contribution in [-0.2, 0) is 9.59 Å². The van der Waals surface area contributed by atoms with Gasteiger partial charge >= 0.3 is 0 Å². The van der Waals surface area contributed by atoms with Crippen molar-refractivity contribution < 1.29 is 9.59 Å². The van der Waals surface area contributed by atoms with Crippen LogP contribution in [0, 0.1) is 6.92 Å². The molecule has 1 aliphatic rings. The van der Waals surface area contributed by atoms with Crippen molar-refractivity contribution >= 4 is 45.1 Å². The van der Waals surface area contributed by atoms with Gasteiger partial charge in [0.2, 0.25) is 17.8 Å². The molecule has 1 aliphatic heterocycles. The summed E-state index contributed by atoms with van der Waals surface area (Å²) in [5.41, 5.74) is 0. The van der Waals surface area contributed by atoms with Crippen molar-refractivity contribution in [3.8, 4) is 0 Å². The van der Waals surface area contributed by atoms with Crippen molar-refractivity contribution in [2.75, 3.05) is 23.8 Å². The van der Waals surface area contributed by atoms with Crippen LogP contribution in [0.3, 0.4) is 0 Å². The molecule has 0 saturated carbocycles. The quantitative estimate of drug-likeness (QED) is 0.801. The summed E-state index contributed by atoms with van der Waals surface area (Å²) in [5, 5.41) is 6.12. The topological polar surface area (TPSA) is 87.2 Å². The lowest BCUT2D eigenvalue weighted by Gasteiger charge is -2.33. The molecule has 0 aliphatic carbocycles. The molecular formula is C13H15N5O2S. The number of fused-ring (bicyclic) bond motifs is 1. The Bertz CT molecular complexity index is 741. The number of hydrogen-bond acceptors (Lipinski definition) is 7. The molecule has 3 rings (SSSR count). The van der Waals surface area contributed by atoms with Crippen LogP contribution >= 0.6 is 11.3 Å². The predicted molar refractivity (Wildman–Crippen MR) is 81.7 cm³/mol. The molecule has 1 saturated heterocycles. The van der Waals surface area contributed by atoms with Crippen LogP contribution in [0.25, 0.3) is 10.2 Å². The van der Waals surface area contributed by atoms with Gasteiger partial charge in [0.15, 0.2) is 0 Å². The molecule has 3 heterocycles. The molecule has 1 unspecified atom stereocenters. The minimum absolute atomic E-state index is 0.108. The molecule has 2 aromatic rings. The largest absolute Gasteiger partial charge is 0.357 e. The number of aromatic nitrogens is 2. The Hall–Kier alpha value is -2.22. The van der Waals surface area contributed by atoms with Gasteiger partial charge in [-0.3, -0.25) is 14.9 Å². The maximum Gasteiger partial charge on any atom is 0.249 e. The number of carbonyl (C=O) groups is 2. The molecule has 1 fully saturated rings. The summed E-state index contributed by atoms with van der Waals surface area (Å²) in [6.07, 6.45) is 0. The summed E-state index contributed by atoms with van der Waals surface area (Å²) in [7, 11) is 1.74. The fraction of sp³-hybridized carbons (Fsp3) is 0.385. The third-order valence-electron chi connectivity index (χ3n) is 3.42. The van der Waals surface area contributed by atoms with E-state index in [1.165, 1.54) is 0 Å². The van der Waals surface area contributed by atoms with Crippen LogP contribution < -0.4 is 15.5 Å². The first-order chi connectivity index (χ1) is 9.99. The van der Waals surface area contributed by atoms with Crippen LogP contribution in [0.2, 0.25) is 0 Å². The minimum Gasteiger partial charge on any atom is -0.357 e. The number of anilines is 2. The number of aryl methyl sites for hydroxylation is 1. The lowest BCUT2D eigenvalue weighted by atomic mass is 10.2. The lowest BCUT2D eigenvalue weighted by molar-refractivity contribution is -0.132. The highest BCUT2D eigenvalue weighted by atomic mass is 32.1. The maximum atomic E-state index is 11.9. The highest BCUT2D eigenvalue weighted by Crippen LogP contribution is 2.32. The summed E-state index contributed by atoms with van der Waals surface area (Å²) in [6.45, 7) is 3.86. The molecule has 2 N–H and O–H groups in total. The van der Waals surface area contributed by atoms with E-state index in [-0.39, 0.29) is 18.4 Å². The van der Waals surface area contributed by atoms with Crippen molar-refractivity contribution in [2.45, 2.75) is 19.9 Å². The van der Waals surface area contributed by atoms with Gasteiger partial charge < -0.3 is 10.2 Å². The minimum atomic E-state index is -0.453. The molecule has 110 valence electrons. The molecule has 0 radical (unpaired) electrons. The van der Waals surface area contributed by atoms with Crippen molar-refractivity contribution in [2.24, 2.45) is 0 Å². The summed E-state index contributed by atoms with van der Waals surface area (Å²) in [4.78, 5) is 36.1. The first kappa shape index (κ1) is 13.7. The predicted octanol–water partition coefficient (Wildman–Crippen LogP) is 0.893. The van der Waals surface area contributed by atoms with E-state index in [9.17, 15) is 9.59 Å². The Kier molecular flexibility index (Phi) is 3.25. The van der Waals surface area contributed by atoms with Crippen LogP contribution in [0.4, 0.5) is 11.8 Å². The molecule has 0 spiro atoms. The maximum absolute atomic E-state index is 11.9. The van der Waals surface area contributed by atoms with Crippen molar-refractivity contribution in [1.29, 1.82) is 0 Å². The number of carbonyl (C=O) groups excluding carboxylic acids is 2. The molecule has 21 heavy (non-hydrogen) atoms. The first-order valence-corrected chi connectivity index (χ1v) is 7.37. The molecule has 7 nitrogen and oxygen atoms in total. The Morgan fingerprint density at radius 1 is 1.43 bits per heavy atom. The second-order valence-corrected chi connectivity index (χ2v) is 6.15. The third kappa shape index (κ3) is 2.31. The Balaban J connectivity index is 2.17. The van der Waals surface area contributed by atoms with Gasteiger partial charge in [0.25, 0.3) is 0 Å². The number of nitrogens with zero attached hydrogens (tertiary/aromatic N) is 3. The average molecular weight is 305 g/mol. The molecule has 8 heteroatoms. The molecule has 2 amide bonds. The number of piperazine rings is 1.